The second-order valence-corrected chi connectivity index (χ2v) is 7.45. The number of unbranched alkanes of at least 4 members (excludes halogenated alkanes) is 2. The van der Waals surface area contributed by atoms with E-state index < -0.39 is 11.9 Å². The molecule has 0 fully saturated rings. The van der Waals surface area contributed by atoms with Gasteiger partial charge in [0.2, 0.25) is 0 Å². The van der Waals surface area contributed by atoms with Crippen LogP contribution in [0.5, 0.6) is 0 Å². The lowest BCUT2D eigenvalue weighted by atomic mass is 10.1. The summed E-state index contributed by atoms with van der Waals surface area (Å²) in [6, 6.07) is 0. The maximum Gasteiger partial charge on any atom is 0.345 e. The molecule has 164 valence electrons. The Balaban J connectivity index is 4.37. The molecule has 0 aliphatic carbocycles. The van der Waals surface area contributed by atoms with E-state index in [0.717, 1.165) is 38.5 Å². The summed E-state index contributed by atoms with van der Waals surface area (Å²) >= 11 is 0. The molecule has 29 heavy (non-hydrogen) atoms. The summed E-state index contributed by atoms with van der Waals surface area (Å²) in [5, 5.41) is 0. The van der Waals surface area contributed by atoms with Crippen molar-refractivity contribution in [2.24, 2.45) is 0 Å². The zero-order valence-electron chi connectivity index (χ0n) is 19.3. The van der Waals surface area contributed by atoms with E-state index in [1.54, 1.807) is 19.9 Å². The Morgan fingerprint density at radius 2 is 1.10 bits per heavy atom. The van der Waals surface area contributed by atoms with Gasteiger partial charge in [-0.15, -0.1) is 0 Å². The Morgan fingerprint density at radius 3 is 1.59 bits per heavy atom. The number of carbonyl (C=O) groups is 2. The Kier molecular flexibility index (Phi) is 15.6. The third kappa shape index (κ3) is 14.5. The number of hydrogen-bond donors (Lipinski definition) is 0. The molecular weight excluding hydrogens is 364 g/mol. The Bertz CT molecular complexity index is 597. The summed E-state index contributed by atoms with van der Waals surface area (Å²) in [6.45, 7) is 12.5. The first-order chi connectivity index (χ1) is 13.8. The van der Waals surface area contributed by atoms with Crippen LogP contribution in [0.2, 0.25) is 0 Å². The third-order valence-electron chi connectivity index (χ3n) is 4.36. The average molecular weight is 405 g/mol. The standard InChI is InChI=1S/C25H40O4/c1-7-28-24(26)23(25(27)29-8-2)19-11-9-10-15-21(5)17-13-18-22(6)16-12-14-20(3)4/h14-15,18-19H,7-13,16-17H2,1-6H3/b21-15+,22-18+. The molecule has 0 amide bonds. The monoisotopic (exact) mass is 404 g/mol. The quantitative estimate of drug-likeness (QED) is 0.0814. The normalized spacial score (nSPS) is 11.7. The molecule has 4 nitrogen and oxygen atoms in total. The molecule has 0 aliphatic heterocycles. The van der Waals surface area contributed by atoms with E-state index in [1.165, 1.54) is 16.7 Å². The maximum atomic E-state index is 11.9. The molecule has 0 rings (SSSR count). The van der Waals surface area contributed by atoms with Crippen molar-refractivity contribution in [2.75, 3.05) is 13.2 Å². The van der Waals surface area contributed by atoms with Crippen LogP contribution >= 0.6 is 0 Å². The predicted octanol–water partition coefficient (Wildman–Crippen LogP) is 6.63. The second kappa shape index (κ2) is 16.8. The van der Waals surface area contributed by atoms with Gasteiger partial charge in [0, 0.05) is 0 Å². The highest BCUT2D eigenvalue weighted by Crippen LogP contribution is 2.13. The van der Waals surface area contributed by atoms with Gasteiger partial charge in [-0.1, -0.05) is 41.0 Å². The van der Waals surface area contributed by atoms with E-state index in [9.17, 15) is 9.59 Å². The molecule has 0 bridgehead atoms. The van der Waals surface area contributed by atoms with Crippen LogP contribution < -0.4 is 0 Å². The predicted molar refractivity (Wildman–Crippen MR) is 121 cm³/mol. The molecule has 0 unspecified atom stereocenters. The van der Waals surface area contributed by atoms with Crippen LogP contribution in [0.25, 0.3) is 0 Å². The van der Waals surface area contributed by atoms with Crippen molar-refractivity contribution >= 4 is 11.9 Å². The SMILES string of the molecule is CCOC(=O)C(=CCCC/C=C(\C)CC/C=C(\C)CCC=C(C)C)C(=O)OCC. The maximum absolute atomic E-state index is 11.9. The molecule has 0 aliphatic rings. The van der Waals surface area contributed by atoms with E-state index >= 15 is 0 Å². The van der Waals surface area contributed by atoms with Gasteiger partial charge >= 0.3 is 11.9 Å². The van der Waals surface area contributed by atoms with Crippen molar-refractivity contribution in [2.45, 2.75) is 86.5 Å². The minimum atomic E-state index is -0.607. The van der Waals surface area contributed by atoms with Gasteiger partial charge in [0.25, 0.3) is 0 Å². The van der Waals surface area contributed by atoms with Crippen LogP contribution in [-0.2, 0) is 19.1 Å². The van der Waals surface area contributed by atoms with Crippen molar-refractivity contribution in [1.29, 1.82) is 0 Å². The smallest absolute Gasteiger partial charge is 0.345 e. The zero-order chi connectivity index (χ0) is 22.1. The molecule has 4 heteroatoms. The minimum absolute atomic E-state index is 0.00289. The molecule has 0 heterocycles. The number of esters is 2. The first kappa shape index (κ1) is 26.9. The van der Waals surface area contributed by atoms with Gasteiger partial charge in [-0.05, 0) is 86.5 Å². The number of hydrogen-bond acceptors (Lipinski definition) is 4. The van der Waals surface area contributed by atoms with E-state index in [1.807, 2.05) is 0 Å². The molecule has 0 atom stereocenters. The van der Waals surface area contributed by atoms with Crippen LogP contribution in [0, 0.1) is 0 Å². The fourth-order valence-corrected chi connectivity index (χ4v) is 2.72. The number of rotatable bonds is 14. The van der Waals surface area contributed by atoms with E-state index in [4.69, 9.17) is 9.47 Å². The molecule has 0 saturated heterocycles. The highest BCUT2D eigenvalue weighted by molar-refractivity contribution is 6.14. The topological polar surface area (TPSA) is 52.6 Å². The van der Waals surface area contributed by atoms with E-state index in [-0.39, 0.29) is 18.8 Å². The third-order valence-corrected chi connectivity index (χ3v) is 4.36. The van der Waals surface area contributed by atoms with Gasteiger partial charge < -0.3 is 9.47 Å². The molecule has 0 aromatic rings. The summed E-state index contributed by atoms with van der Waals surface area (Å²) in [5.74, 6) is -1.21. The highest BCUT2D eigenvalue weighted by atomic mass is 16.6. The molecule has 0 spiro atoms. The zero-order valence-corrected chi connectivity index (χ0v) is 19.3. The molecular formula is C25H40O4. The fraction of sp³-hybridized carbons (Fsp3) is 0.600. The van der Waals surface area contributed by atoms with Crippen molar-refractivity contribution in [3.8, 4) is 0 Å². The molecule has 0 aromatic carbocycles. The fourth-order valence-electron chi connectivity index (χ4n) is 2.72. The number of carbonyl (C=O) groups excluding carboxylic acids is 2. The van der Waals surface area contributed by atoms with Crippen molar-refractivity contribution in [1.82, 2.24) is 0 Å². The van der Waals surface area contributed by atoms with Gasteiger partial charge in [-0.3, -0.25) is 0 Å². The Hall–Kier alpha value is -2.10. The van der Waals surface area contributed by atoms with Crippen molar-refractivity contribution < 1.29 is 19.1 Å². The first-order valence-corrected chi connectivity index (χ1v) is 10.8. The second-order valence-electron chi connectivity index (χ2n) is 7.45. The van der Waals surface area contributed by atoms with Gasteiger partial charge in [-0.2, -0.15) is 0 Å². The van der Waals surface area contributed by atoms with Crippen LogP contribution in [0.15, 0.2) is 46.6 Å². The molecule has 0 radical (unpaired) electrons. The van der Waals surface area contributed by atoms with Gasteiger partial charge in [0.1, 0.15) is 5.57 Å². The molecule has 0 aromatic heterocycles. The average Bonchev–Trinajstić information content (AvgIpc) is 2.64. The molecule has 0 N–H and O–H groups in total. The van der Waals surface area contributed by atoms with Crippen molar-refractivity contribution in [3.05, 3.63) is 46.6 Å². The van der Waals surface area contributed by atoms with E-state index in [0.29, 0.717) is 6.42 Å². The lowest BCUT2D eigenvalue weighted by molar-refractivity contribution is -0.146. The van der Waals surface area contributed by atoms with Crippen LogP contribution in [-0.4, -0.2) is 25.2 Å². The highest BCUT2D eigenvalue weighted by Gasteiger charge is 2.20. The minimum Gasteiger partial charge on any atom is -0.462 e. The van der Waals surface area contributed by atoms with Crippen LogP contribution in [0.3, 0.4) is 0 Å². The largest absolute Gasteiger partial charge is 0.462 e. The van der Waals surface area contributed by atoms with Gasteiger partial charge in [0.15, 0.2) is 0 Å². The number of allylic oxidation sites excluding steroid dienone is 7. The lowest BCUT2D eigenvalue weighted by Gasteiger charge is -2.06. The number of ether oxygens (including phenoxy) is 2. The lowest BCUT2D eigenvalue weighted by Crippen LogP contribution is -2.18. The Morgan fingerprint density at radius 1 is 0.655 bits per heavy atom. The van der Waals surface area contributed by atoms with Crippen molar-refractivity contribution in [3.63, 3.8) is 0 Å². The Labute approximate surface area is 177 Å². The molecule has 0 saturated carbocycles. The van der Waals surface area contributed by atoms with Crippen LogP contribution in [0.4, 0.5) is 0 Å². The summed E-state index contributed by atoms with van der Waals surface area (Å²) in [7, 11) is 0. The summed E-state index contributed by atoms with van der Waals surface area (Å²) < 4.78 is 9.88. The van der Waals surface area contributed by atoms with E-state index in [2.05, 4.69) is 45.9 Å². The van der Waals surface area contributed by atoms with Gasteiger partial charge in [-0.25, -0.2) is 9.59 Å². The summed E-state index contributed by atoms with van der Waals surface area (Å²) in [4.78, 5) is 23.8. The summed E-state index contributed by atoms with van der Waals surface area (Å²) in [5.41, 5.74) is 4.20. The van der Waals surface area contributed by atoms with Gasteiger partial charge in [0.05, 0.1) is 13.2 Å². The van der Waals surface area contributed by atoms with Crippen LogP contribution in [0.1, 0.15) is 86.5 Å². The first-order valence-electron chi connectivity index (χ1n) is 10.8. The summed E-state index contributed by atoms with van der Waals surface area (Å²) in [6.07, 6.45) is 15.3.